The molecule has 0 amide bonds. The molecule has 1 rings (SSSR count). The van der Waals surface area contributed by atoms with Gasteiger partial charge in [-0.1, -0.05) is 15.9 Å². The number of hydrogen-bond acceptors (Lipinski definition) is 3. The van der Waals surface area contributed by atoms with Crippen LogP contribution in [-0.4, -0.2) is 16.2 Å². The lowest BCUT2D eigenvalue weighted by molar-refractivity contribution is 0.0696. The third-order valence-electron chi connectivity index (χ3n) is 1.71. The maximum absolute atomic E-state index is 10.7. The molecule has 0 saturated carbocycles. The molecule has 1 aromatic rings. The maximum Gasteiger partial charge on any atom is 0.337 e. The Labute approximate surface area is 88.5 Å². The molecule has 0 saturated heterocycles. The van der Waals surface area contributed by atoms with Crippen LogP contribution in [-0.2, 0) is 6.61 Å². The highest BCUT2D eigenvalue weighted by molar-refractivity contribution is 9.10. The Hall–Kier alpha value is -1.38. The summed E-state index contributed by atoms with van der Waals surface area (Å²) in [5.41, 5.74) is 0.419. The van der Waals surface area contributed by atoms with Crippen LogP contribution < -0.4 is 0 Å². The average Bonchev–Trinajstić information content (AvgIpc) is 2.16. The Bertz CT molecular complexity index is 423. The lowest BCUT2D eigenvalue weighted by atomic mass is 10.1. The molecule has 0 heterocycles. The van der Waals surface area contributed by atoms with Gasteiger partial charge in [0.05, 0.1) is 17.7 Å². The van der Waals surface area contributed by atoms with E-state index in [1.807, 2.05) is 0 Å². The van der Waals surface area contributed by atoms with Crippen molar-refractivity contribution < 1.29 is 15.0 Å². The Balaban J connectivity index is 3.42. The summed E-state index contributed by atoms with van der Waals surface area (Å²) in [6, 6.07) is 4.44. The SMILES string of the molecule is N#Cc1cc(Br)c(CO)cc1C(=O)O. The smallest absolute Gasteiger partial charge is 0.337 e. The highest BCUT2D eigenvalue weighted by atomic mass is 79.9. The van der Waals surface area contributed by atoms with Crippen LogP contribution in [0, 0.1) is 11.3 Å². The monoisotopic (exact) mass is 255 g/mol. The molecular formula is C9H6BrNO3. The normalized spacial score (nSPS) is 9.50. The number of carboxylic acid groups (broad SMARTS) is 1. The predicted octanol–water partition coefficient (Wildman–Crippen LogP) is 1.51. The number of aromatic carboxylic acids is 1. The van der Waals surface area contributed by atoms with E-state index in [0.717, 1.165) is 0 Å². The maximum atomic E-state index is 10.7. The number of aliphatic hydroxyl groups is 1. The minimum Gasteiger partial charge on any atom is -0.478 e. The van der Waals surface area contributed by atoms with Crippen LogP contribution in [0.1, 0.15) is 21.5 Å². The van der Waals surface area contributed by atoms with Gasteiger partial charge in [0.2, 0.25) is 0 Å². The molecular weight excluding hydrogens is 250 g/mol. The zero-order valence-electron chi connectivity index (χ0n) is 6.99. The fourth-order valence-electron chi connectivity index (χ4n) is 1.01. The van der Waals surface area contributed by atoms with Gasteiger partial charge >= 0.3 is 5.97 Å². The quantitative estimate of drug-likeness (QED) is 0.840. The number of halogens is 1. The molecule has 0 spiro atoms. The Morgan fingerprint density at radius 3 is 2.64 bits per heavy atom. The third-order valence-corrected chi connectivity index (χ3v) is 2.45. The van der Waals surface area contributed by atoms with Crippen LogP contribution in [0.15, 0.2) is 16.6 Å². The molecule has 4 nitrogen and oxygen atoms in total. The van der Waals surface area contributed by atoms with Crippen LogP contribution in [0.25, 0.3) is 0 Å². The van der Waals surface area contributed by atoms with Crippen LogP contribution in [0.5, 0.6) is 0 Å². The van der Waals surface area contributed by atoms with Crippen molar-refractivity contribution in [2.24, 2.45) is 0 Å². The van der Waals surface area contributed by atoms with Gasteiger partial charge in [0, 0.05) is 4.47 Å². The molecule has 2 N–H and O–H groups in total. The minimum absolute atomic E-state index is 0.0709. The first kappa shape index (κ1) is 10.7. The molecule has 0 aliphatic rings. The standard InChI is InChI=1S/C9H6BrNO3/c10-8-2-5(3-11)7(9(13)14)1-6(8)4-12/h1-2,12H,4H2,(H,13,14). The summed E-state index contributed by atoms with van der Waals surface area (Å²) >= 11 is 3.13. The summed E-state index contributed by atoms with van der Waals surface area (Å²) in [6.07, 6.45) is 0. The number of carboxylic acids is 1. The predicted molar refractivity (Wildman–Crippen MR) is 51.7 cm³/mol. The van der Waals surface area contributed by atoms with Crippen LogP contribution >= 0.6 is 15.9 Å². The van der Waals surface area contributed by atoms with E-state index in [0.29, 0.717) is 10.0 Å². The second-order valence-corrected chi connectivity index (χ2v) is 3.42. The van der Waals surface area contributed by atoms with E-state index < -0.39 is 5.97 Å². The van der Waals surface area contributed by atoms with Crippen molar-refractivity contribution in [3.05, 3.63) is 33.3 Å². The molecule has 1 aromatic carbocycles. The first-order valence-corrected chi connectivity index (χ1v) is 4.46. The summed E-state index contributed by atoms with van der Waals surface area (Å²) < 4.78 is 0.529. The summed E-state index contributed by atoms with van der Waals surface area (Å²) in [6.45, 7) is -0.271. The van der Waals surface area contributed by atoms with Gasteiger partial charge in [-0.05, 0) is 17.7 Å². The molecule has 0 fully saturated rings. The Morgan fingerprint density at radius 2 is 2.21 bits per heavy atom. The summed E-state index contributed by atoms with van der Waals surface area (Å²) in [4.78, 5) is 10.7. The van der Waals surface area contributed by atoms with Crippen molar-refractivity contribution in [2.75, 3.05) is 0 Å². The number of rotatable bonds is 2. The van der Waals surface area contributed by atoms with Gasteiger partial charge in [-0.2, -0.15) is 5.26 Å². The molecule has 14 heavy (non-hydrogen) atoms. The molecule has 0 aliphatic heterocycles. The van der Waals surface area contributed by atoms with E-state index in [4.69, 9.17) is 15.5 Å². The van der Waals surface area contributed by atoms with Crippen molar-refractivity contribution in [1.82, 2.24) is 0 Å². The fraction of sp³-hybridized carbons (Fsp3) is 0.111. The number of nitrogens with zero attached hydrogens (tertiary/aromatic N) is 1. The van der Waals surface area contributed by atoms with E-state index in [9.17, 15) is 4.79 Å². The second kappa shape index (κ2) is 4.22. The molecule has 0 radical (unpaired) electrons. The number of nitriles is 1. The molecule has 0 unspecified atom stereocenters. The third kappa shape index (κ3) is 1.92. The van der Waals surface area contributed by atoms with E-state index >= 15 is 0 Å². The summed E-state index contributed by atoms with van der Waals surface area (Å²) in [7, 11) is 0. The van der Waals surface area contributed by atoms with Crippen molar-refractivity contribution >= 4 is 21.9 Å². The van der Waals surface area contributed by atoms with E-state index in [1.54, 1.807) is 6.07 Å². The molecule has 72 valence electrons. The van der Waals surface area contributed by atoms with Crippen LogP contribution in [0.2, 0.25) is 0 Å². The van der Waals surface area contributed by atoms with Gasteiger partial charge in [0.25, 0.3) is 0 Å². The molecule has 0 atom stereocenters. The Kier molecular flexibility index (Phi) is 3.23. The van der Waals surface area contributed by atoms with Crippen LogP contribution in [0.3, 0.4) is 0 Å². The molecule has 0 bridgehead atoms. The van der Waals surface area contributed by atoms with Crippen molar-refractivity contribution in [2.45, 2.75) is 6.61 Å². The van der Waals surface area contributed by atoms with Crippen molar-refractivity contribution in [3.8, 4) is 6.07 Å². The van der Waals surface area contributed by atoms with Gasteiger partial charge in [0.1, 0.15) is 6.07 Å². The van der Waals surface area contributed by atoms with E-state index in [1.165, 1.54) is 12.1 Å². The number of benzene rings is 1. The zero-order valence-corrected chi connectivity index (χ0v) is 8.58. The largest absolute Gasteiger partial charge is 0.478 e. The number of hydrogen-bond donors (Lipinski definition) is 2. The topological polar surface area (TPSA) is 81.3 Å². The first-order chi connectivity index (χ1) is 6.60. The highest BCUT2D eigenvalue weighted by Crippen LogP contribution is 2.22. The minimum atomic E-state index is -1.18. The molecule has 0 aliphatic carbocycles. The van der Waals surface area contributed by atoms with Gasteiger partial charge in [0.15, 0.2) is 0 Å². The highest BCUT2D eigenvalue weighted by Gasteiger charge is 2.13. The summed E-state index contributed by atoms with van der Waals surface area (Å²) in [5.74, 6) is -1.18. The summed E-state index contributed by atoms with van der Waals surface area (Å²) in [5, 5.41) is 26.3. The number of aliphatic hydroxyl groups excluding tert-OH is 1. The van der Waals surface area contributed by atoms with Crippen molar-refractivity contribution in [1.29, 1.82) is 5.26 Å². The Morgan fingerprint density at radius 1 is 1.57 bits per heavy atom. The lowest BCUT2D eigenvalue weighted by Crippen LogP contribution is -2.02. The average molecular weight is 256 g/mol. The molecule has 5 heteroatoms. The fourth-order valence-corrected chi connectivity index (χ4v) is 1.48. The van der Waals surface area contributed by atoms with Gasteiger partial charge < -0.3 is 10.2 Å². The second-order valence-electron chi connectivity index (χ2n) is 2.56. The van der Waals surface area contributed by atoms with Crippen LogP contribution in [0.4, 0.5) is 0 Å². The molecule has 0 aromatic heterocycles. The van der Waals surface area contributed by atoms with Crippen molar-refractivity contribution in [3.63, 3.8) is 0 Å². The first-order valence-electron chi connectivity index (χ1n) is 3.66. The lowest BCUT2D eigenvalue weighted by Gasteiger charge is -2.04. The van der Waals surface area contributed by atoms with Gasteiger partial charge in [-0.25, -0.2) is 4.79 Å². The van der Waals surface area contributed by atoms with E-state index in [-0.39, 0.29) is 17.7 Å². The van der Waals surface area contributed by atoms with Gasteiger partial charge in [-0.15, -0.1) is 0 Å². The van der Waals surface area contributed by atoms with Gasteiger partial charge in [-0.3, -0.25) is 0 Å². The number of carbonyl (C=O) groups is 1. The van der Waals surface area contributed by atoms with E-state index in [2.05, 4.69) is 15.9 Å². The zero-order chi connectivity index (χ0) is 10.7.